The molecule has 0 aromatic heterocycles. The zero-order valence-corrected chi connectivity index (χ0v) is 15.7. The highest BCUT2D eigenvalue weighted by atomic mass is 16.5. The Labute approximate surface area is 155 Å². The third-order valence-electron chi connectivity index (χ3n) is 5.13. The standard InChI is InChI=1S/C20H28N2O4/c1-25-17-9-10-18(26-2)15(12-17)13-22(16-7-8-16)20(24)14-21-11-5-3-4-6-19(21)23/h9-10,12,16H,3-8,11,13-14H2,1-2H3. The largest absolute Gasteiger partial charge is 0.497 e. The van der Waals surface area contributed by atoms with Gasteiger partial charge in [0.2, 0.25) is 11.8 Å². The minimum absolute atomic E-state index is 0.0209. The van der Waals surface area contributed by atoms with E-state index in [2.05, 4.69) is 0 Å². The molecule has 1 heterocycles. The van der Waals surface area contributed by atoms with Crippen LogP contribution >= 0.6 is 0 Å². The van der Waals surface area contributed by atoms with Crippen LogP contribution < -0.4 is 9.47 Å². The summed E-state index contributed by atoms with van der Waals surface area (Å²) in [5, 5.41) is 0. The van der Waals surface area contributed by atoms with E-state index in [9.17, 15) is 9.59 Å². The molecule has 1 aromatic carbocycles. The van der Waals surface area contributed by atoms with Gasteiger partial charge in [0.05, 0.1) is 20.8 Å². The van der Waals surface area contributed by atoms with Crippen LogP contribution in [0.4, 0.5) is 0 Å². The van der Waals surface area contributed by atoms with E-state index in [1.807, 2.05) is 23.1 Å². The first-order valence-electron chi connectivity index (χ1n) is 9.40. The van der Waals surface area contributed by atoms with Gasteiger partial charge in [-0.05, 0) is 43.9 Å². The van der Waals surface area contributed by atoms with Crippen molar-refractivity contribution < 1.29 is 19.1 Å². The lowest BCUT2D eigenvalue weighted by Crippen LogP contribution is -2.43. The van der Waals surface area contributed by atoms with Crippen molar-refractivity contribution in [3.05, 3.63) is 23.8 Å². The fourth-order valence-electron chi connectivity index (χ4n) is 3.46. The van der Waals surface area contributed by atoms with Crippen LogP contribution in [0.25, 0.3) is 0 Å². The Bertz CT molecular complexity index is 657. The number of nitrogens with zero attached hydrogens (tertiary/aromatic N) is 2. The first-order chi connectivity index (χ1) is 12.6. The number of rotatable bonds is 7. The van der Waals surface area contributed by atoms with Gasteiger partial charge in [0, 0.05) is 31.1 Å². The number of methoxy groups -OCH3 is 2. The number of likely N-dealkylation sites (tertiary alicyclic amines) is 1. The SMILES string of the molecule is COc1ccc(OC)c(CN(C(=O)CN2CCCCCC2=O)C2CC2)c1. The molecule has 0 atom stereocenters. The average molecular weight is 360 g/mol. The molecule has 0 spiro atoms. The summed E-state index contributed by atoms with van der Waals surface area (Å²) in [6.45, 7) is 1.35. The molecule has 0 unspecified atom stereocenters. The van der Waals surface area contributed by atoms with Crippen molar-refractivity contribution in [2.75, 3.05) is 27.3 Å². The maximum absolute atomic E-state index is 13.0. The summed E-state index contributed by atoms with van der Waals surface area (Å²) in [6, 6.07) is 5.89. The molecular weight excluding hydrogens is 332 g/mol. The van der Waals surface area contributed by atoms with Crippen LogP contribution in [0.1, 0.15) is 44.1 Å². The fraction of sp³-hybridized carbons (Fsp3) is 0.600. The lowest BCUT2D eigenvalue weighted by Gasteiger charge is -2.27. The smallest absolute Gasteiger partial charge is 0.242 e. The van der Waals surface area contributed by atoms with Crippen LogP contribution in [0.5, 0.6) is 11.5 Å². The molecule has 1 aromatic rings. The first-order valence-corrected chi connectivity index (χ1v) is 9.40. The van der Waals surface area contributed by atoms with Gasteiger partial charge in [-0.1, -0.05) is 6.42 Å². The Morgan fingerprint density at radius 1 is 1.19 bits per heavy atom. The molecule has 26 heavy (non-hydrogen) atoms. The summed E-state index contributed by atoms with van der Waals surface area (Å²) in [5.41, 5.74) is 0.925. The zero-order valence-electron chi connectivity index (χ0n) is 15.7. The average Bonchev–Trinajstić information content (AvgIpc) is 3.49. The van der Waals surface area contributed by atoms with E-state index in [4.69, 9.17) is 9.47 Å². The number of carbonyl (C=O) groups is 2. The van der Waals surface area contributed by atoms with E-state index in [1.165, 1.54) is 0 Å². The molecule has 6 nitrogen and oxygen atoms in total. The molecule has 1 saturated carbocycles. The van der Waals surface area contributed by atoms with E-state index in [0.717, 1.165) is 49.2 Å². The van der Waals surface area contributed by atoms with Gasteiger partial charge in [0.1, 0.15) is 11.5 Å². The minimum Gasteiger partial charge on any atom is -0.497 e. The number of hydrogen-bond acceptors (Lipinski definition) is 4. The van der Waals surface area contributed by atoms with E-state index in [-0.39, 0.29) is 24.4 Å². The second-order valence-corrected chi connectivity index (χ2v) is 7.06. The Morgan fingerprint density at radius 3 is 2.69 bits per heavy atom. The predicted molar refractivity (Wildman–Crippen MR) is 98.2 cm³/mol. The second kappa shape index (κ2) is 8.43. The number of hydrogen-bond donors (Lipinski definition) is 0. The van der Waals surface area contributed by atoms with Gasteiger partial charge in [-0.25, -0.2) is 0 Å². The molecule has 2 amide bonds. The Hall–Kier alpha value is -2.24. The number of amides is 2. The van der Waals surface area contributed by atoms with Gasteiger partial charge in [-0.3, -0.25) is 9.59 Å². The molecule has 142 valence electrons. The van der Waals surface area contributed by atoms with Gasteiger partial charge in [-0.15, -0.1) is 0 Å². The first kappa shape index (κ1) is 18.5. The van der Waals surface area contributed by atoms with Crippen LogP contribution in [0, 0.1) is 0 Å². The lowest BCUT2D eigenvalue weighted by molar-refractivity contribution is -0.141. The molecule has 0 radical (unpaired) electrons. The van der Waals surface area contributed by atoms with Crippen LogP contribution in [-0.2, 0) is 16.1 Å². The minimum atomic E-state index is 0.0209. The highest BCUT2D eigenvalue weighted by Gasteiger charge is 2.34. The zero-order chi connectivity index (χ0) is 18.5. The molecule has 6 heteroatoms. The van der Waals surface area contributed by atoms with Gasteiger partial charge in [-0.2, -0.15) is 0 Å². The van der Waals surface area contributed by atoms with Crippen LogP contribution in [-0.4, -0.2) is 55.0 Å². The summed E-state index contributed by atoms with van der Waals surface area (Å²) >= 11 is 0. The Kier molecular flexibility index (Phi) is 6.01. The molecule has 1 aliphatic carbocycles. The topological polar surface area (TPSA) is 59.1 Å². The Balaban J connectivity index is 1.73. The molecule has 2 fully saturated rings. The van der Waals surface area contributed by atoms with Crippen LogP contribution in [0.3, 0.4) is 0 Å². The highest BCUT2D eigenvalue weighted by molar-refractivity contribution is 5.85. The van der Waals surface area contributed by atoms with E-state index in [0.29, 0.717) is 19.5 Å². The summed E-state index contributed by atoms with van der Waals surface area (Å²) in [4.78, 5) is 28.8. The van der Waals surface area contributed by atoms with Crippen LogP contribution in [0.2, 0.25) is 0 Å². The summed E-state index contributed by atoms with van der Waals surface area (Å²) in [7, 11) is 3.25. The van der Waals surface area contributed by atoms with Crippen molar-refractivity contribution in [1.29, 1.82) is 0 Å². The van der Waals surface area contributed by atoms with E-state index < -0.39 is 0 Å². The van der Waals surface area contributed by atoms with E-state index >= 15 is 0 Å². The second-order valence-electron chi connectivity index (χ2n) is 7.06. The van der Waals surface area contributed by atoms with Gasteiger partial charge in [0.25, 0.3) is 0 Å². The van der Waals surface area contributed by atoms with Gasteiger partial charge >= 0.3 is 0 Å². The van der Waals surface area contributed by atoms with Crippen molar-refractivity contribution in [2.24, 2.45) is 0 Å². The third-order valence-corrected chi connectivity index (χ3v) is 5.13. The number of ether oxygens (including phenoxy) is 2. The molecule has 1 saturated heterocycles. The summed E-state index contributed by atoms with van der Waals surface area (Å²) in [6.07, 6.45) is 5.56. The molecule has 0 N–H and O–H groups in total. The normalized spacial score (nSPS) is 17.6. The van der Waals surface area contributed by atoms with Crippen molar-refractivity contribution in [2.45, 2.75) is 51.1 Å². The van der Waals surface area contributed by atoms with Gasteiger partial charge in [0.15, 0.2) is 0 Å². The molecule has 2 aliphatic rings. The monoisotopic (exact) mass is 360 g/mol. The maximum atomic E-state index is 13.0. The predicted octanol–water partition coefficient (Wildman–Crippen LogP) is 2.60. The van der Waals surface area contributed by atoms with Gasteiger partial charge < -0.3 is 19.3 Å². The number of benzene rings is 1. The molecular formula is C20H28N2O4. The quantitative estimate of drug-likeness (QED) is 0.750. The maximum Gasteiger partial charge on any atom is 0.242 e. The van der Waals surface area contributed by atoms with Crippen LogP contribution in [0.15, 0.2) is 18.2 Å². The summed E-state index contributed by atoms with van der Waals surface area (Å²) in [5.74, 6) is 1.61. The lowest BCUT2D eigenvalue weighted by atomic mass is 10.1. The fourth-order valence-corrected chi connectivity index (χ4v) is 3.46. The molecule has 1 aliphatic heterocycles. The van der Waals surface area contributed by atoms with Crippen molar-refractivity contribution in [3.8, 4) is 11.5 Å². The van der Waals surface area contributed by atoms with Crippen molar-refractivity contribution in [3.63, 3.8) is 0 Å². The van der Waals surface area contributed by atoms with Crippen molar-refractivity contribution >= 4 is 11.8 Å². The van der Waals surface area contributed by atoms with Crippen molar-refractivity contribution in [1.82, 2.24) is 9.80 Å². The highest BCUT2D eigenvalue weighted by Crippen LogP contribution is 2.32. The third kappa shape index (κ3) is 4.48. The van der Waals surface area contributed by atoms with E-state index in [1.54, 1.807) is 19.1 Å². The summed E-state index contributed by atoms with van der Waals surface area (Å²) < 4.78 is 10.8. The number of carbonyl (C=O) groups excluding carboxylic acids is 2. The Morgan fingerprint density at radius 2 is 2.00 bits per heavy atom. The molecule has 3 rings (SSSR count). The molecule has 0 bridgehead atoms.